The number of Topliss-reactive ketones (excluding diaryl/α,β-unsaturated/α-hetero) is 1. The molecule has 0 saturated carbocycles. The van der Waals surface area contributed by atoms with E-state index in [1.807, 2.05) is 129 Å². The van der Waals surface area contributed by atoms with Crippen molar-refractivity contribution in [3.63, 3.8) is 0 Å². The van der Waals surface area contributed by atoms with Gasteiger partial charge in [0.2, 0.25) is 5.91 Å². The van der Waals surface area contributed by atoms with Crippen molar-refractivity contribution in [2.24, 2.45) is 11.8 Å². The molecule has 0 radical (unpaired) electrons. The van der Waals surface area contributed by atoms with Crippen molar-refractivity contribution in [1.82, 2.24) is 4.90 Å². The van der Waals surface area contributed by atoms with Gasteiger partial charge in [-0.1, -0.05) is 143 Å². The Labute approximate surface area is 266 Å². The average Bonchev–Trinajstić information content (AvgIpc) is 3.08. The molecule has 0 spiro atoms. The van der Waals surface area contributed by atoms with Gasteiger partial charge in [0.1, 0.15) is 12.0 Å². The standard InChI is InChI=1S/C39H40NO4P/c1-5-25-44-39(43)38(40-34(36(28(3)4)37(40)42)27-35(41)30-18-16-17-29(6-2)26-30)45(31-19-10-7-11-20-31,32-21-12-8-13-22-32)33-23-14-9-15-24-33/h5,7-24,26,28,34,36H,1,6,25,27H2,2-4H3/t34-,36-/m1/s1. The molecular weight excluding hydrogens is 577 g/mol. The highest BCUT2D eigenvalue weighted by atomic mass is 31.2. The molecule has 45 heavy (non-hydrogen) atoms. The quantitative estimate of drug-likeness (QED) is 0.0629. The van der Waals surface area contributed by atoms with Gasteiger partial charge in [-0.15, -0.1) is 0 Å². The zero-order chi connectivity index (χ0) is 32.0. The van der Waals surface area contributed by atoms with E-state index in [9.17, 15) is 14.4 Å². The van der Waals surface area contributed by atoms with E-state index >= 15 is 0 Å². The Kier molecular flexibility index (Phi) is 10.0. The van der Waals surface area contributed by atoms with Crippen molar-refractivity contribution in [1.29, 1.82) is 0 Å². The third-order valence-electron chi connectivity index (χ3n) is 8.53. The van der Waals surface area contributed by atoms with E-state index in [0.717, 1.165) is 27.9 Å². The van der Waals surface area contributed by atoms with Gasteiger partial charge in [0.05, 0.1) is 12.0 Å². The number of aryl methyl sites for hydroxylation is 1. The van der Waals surface area contributed by atoms with Crippen LogP contribution in [0.4, 0.5) is 0 Å². The summed E-state index contributed by atoms with van der Waals surface area (Å²) in [7, 11) is 0. The lowest BCUT2D eigenvalue weighted by Crippen LogP contribution is -2.67. The Bertz CT molecular complexity index is 1630. The number of nitrogens with zero attached hydrogens (tertiary/aromatic N) is 1. The third-order valence-corrected chi connectivity index (χ3v) is 12.8. The Hall–Kier alpha value is -4.47. The van der Waals surface area contributed by atoms with Crippen LogP contribution in [0.1, 0.15) is 43.1 Å². The second-order valence-electron chi connectivity index (χ2n) is 11.6. The number of hydrogen-bond donors (Lipinski definition) is 0. The molecule has 4 aromatic carbocycles. The van der Waals surface area contributed by atoms with Crippen LogP contribution in [0.5, 0.6) is 0 Å². The van der Waals surface area contributed by atoms with Gasteiger partial charge in [0, 0.05) is 18.9 Å². The number of amides is 1. The fourth-order valence-electron chi connectivity index (χ4n) is 6.41. The van der Waals surface area contributed by atoms with Gasteiger partial charge in [-0.25, -0.2) is 4.79 Å². The summed E-state index contributed by atoms with van der Waals surface area (Å²) in [6.45, 7) is 6.76. The van der Waals surface area contributed by atoms with Crippen LogP contribution in [-0.4, -0.2) is 40.6 Å². The minimum atomic E-state index is -3.04. The highest BCUT2D eigenvalue weighted by Crippen LogP contribution is 2.50. The van der Waals surface area contributed by atoms with Gasteiger partial charge in [-0.2, -0.15) is 0 Å². The summed E-state index contributed by atoms with van der Waals surface area (Å²) in [5, 5.41) is 2.73. The van der Waals surface area contributed by atoms with Gasteiger partial charge in [0.25, 0.3) is 0 Å². The van der Waals surface area contributed by atoms with E-state index in [1.165, 1.54) is 6.08 Å². The molecule has 5 rings (SSSR count). The average molecular weight is 618 g/mol. The van der Waals surface area contributed by atoms with E-state index in [1.54, 1.807) is 4.90 Å². The van der Waals surface area contributed by atoms with Crippen molar-refractivity contribution < 1.29 is 19.1 Å². The summed E-state index contributed by atoms with van der Waals surface area (Å²) in [5.74, 6) is -1.25. The fraction of sp³-hybridized carbons (Fsp3) is 0.231. The molecular formula is C39H40NO4P. The third kappa shape index (κ3) is 6.10. The number of carbonyl (C=O) groups is 3. The van der Waals surface area contributed by atoms with Crippen molar-refractivity contribution in [2.45, 2.75) is 39.7 Å². The number of ether oxygens (including phenoxy) is 1. The van der Waals surface area contributed by atoms with Crippen LogP contribution in [0, 0.1) is 11.8 Å². The summed E-state index contributed by atoms with van der Waals surface area (Å²) in [6, 6.07) is 36.9. The Morgan fingerprint density at radius 2 is 1.38 bits per heavy atom. The minimum absolute atomic E-state index is 0.0102. The molecule has 230 valence electrons. The number of ketones is 1. The summed E-state index contributed by atoms with van der Waals surface area (Å²) >= 11 is 0. The number of benzene rings is 4. The van der Waals surface area contributed by atoms with Crippen LogP contribution in [0.15, 0.2) is 128 Å². The minimum Gasteiger partial charge on any atom is -0.457 e. The van der Waals surface area contributed by atoms with Crippen LogP contribution in [-0.2, 0) is 20.7 Å². The molecule has 1 saturated heterocycles. The lowest BCUT2D eigenvalue weighted by atomic mass is 9.76. The molecule has 1 heterocycles. The topological polar surface area (TPSA) is 63.7 Å². The van der Waals surface area contributed by atoms with Crippen LogP contribution in [0.3, 0.4) is 0 Å². The number of β-lactam (4-membered cyclic amide) rings is 1. The summed E-state index contributed by atoms with van der Waals surface area (Å²) in [4.78, 5) is 44.4. The SMILES string of the molecule is C=CCOC(=O)C(N1C(=O)[C@H](C(C)C)[C@H]1CC(=O)c1cccc(CC)c1)=P(c1ccccc1)(c1ccccc1)c1ccccc1. The molecule has 0 aromatic heterocycles. The molecule has 6 heteroatoms. The first kappa shape index (κ1) is 31.9. The largest absolute Gasteiger partial charge is 0.457 e. The fourth-order valence-corrected chi connectivity index (χ4v) is 10.8. The summed E-state index contributed by atoms with van der Waals surface area (Å²) in [5.41, 5.74) is 1.97. The van der Waals surface area contributed by atoms with Gasteiger partial charge in [-0.3, -0.25) is 9.59 Å². The van der Waals surface area contributed by atoms with E-state index in [0.29, 0.717) is 5.56 Å². The molecule has 0 N–H and O–H groups in total. The molecule has 0 unspecified atom stereocenters. The predicted octanol–water partition coefficient (Wildman–Crippen LogP) is 6.16. The Morgan fingerprint density at radius 1 is 0.844 bits per heavy atom. The molecule has 1 fully saturated rings. The highest BCUT2D eigenvalue weighted by Gasteiger charge is 2.55. The Balaban J connectivity index is 1.84. The molecule has 0 bridgehead atoms. The molecule has 5 nitrogen and oxygen atoms in total. The summed E-state index contributed by atoms with van der Waals surface area (Å²) < 4.78 is 5.85. The molecule has 0 aliphatic carbocycles. The number of esters is 1. The van der Waals surface area contributed by atoms with E-state index in [-0.39, 0.29) is 36.1 Å². The maximum atomic E-state index is 14.6. The maximum absolute atomic E-state index is 14.6. The van der Waals surface area contributed by atoms with E-state index in [4.69, 9.17) is 4.74 Å². The Morgan fingerprint density at radius 3 is 1.84 bits per heavy atom. The lowest BCUT2D eigenvalue weighted by molar-refractivity contribution is -0.153. The van der Waals surface area contributed by atoms with Crippen LogP contribution in [0.25, 0.3) is 0 Å². The van der Waals surface area contributed by atoms with Crippen molar-refractivity contribution in [3.05, 3.63) is 139 Å². The highest BCUT2D eigenvalue weighted by molar-refractivity contribution is 7.96. The lowest BCUT2D eigenvalue weighted by Gasteiger charge is -2.51. The van der Waals surface area contributed by atoms with Gasteiger partial charge < -0.3 is 9.64 Å². The first-order valence-corrected chi connectivity index (χ1v) is 17.3. The van der Waals surface area contributed by atoms with Crippen molar-refractivity contribution in [3.8, 4) is 0 Å². The second-order valence-corrected chi connectivity index (χ2v) is 14.9. The van der Waals surface area contributed by atoms with Gasteiger partial charge >= 0.3 is 5.97 Å². The number of carbonyl (C=O) groups excluding carboxylic acids is 3. The first-order chi connectivity index (χ1) is 21.8. The zero-order valence-corrected chi connectivity index (χ0v) is 27.0. The molecule has 1 aliphatic heterocycles. The first-order valence-electron chi connectivity index (χ1n) is 15.5. The van der Waals surface area contributed by atoms with Crippen LogP contribution in [0.2, 0.25) is 0 Å². The van der Waals surface area contributed by atoms with Gasteiger partial charge in [-0.05, 0) is 39.9 Å². The molecule has 1 amide bonds. The second kappa shape index (κ2) is 14.1. The number of likely N-dealkylation sites (tertiary alicyclic amines) is 1. The monoisotopic (exact) mass is 617 g/mol. The summed E-state index contributed by atoms with van der Waals surface area (Å²) in [6.07, 6.45) is 2.44. The predicted molar refractivity (Wildman–Crippen MR) is 185 cm³/mol. The van der Waals surface area contributed by atoms with Crippen LogP contribution >= 0.6 is 6.89 Å². The molecule has 1 aliphatic rings. The smallest absolute Gasteiger partial charge is 0.356 e. The number of rotatable bonds is 12. The molecule has 2 atom stereocenters. The number of hydrogen-bond acceptors (Lipinski definition) is 4. The van der Waals surface area contributed by atoms with Gasteiger partial charge in [0.15, 0.2) is 5.78 Å². The van der Waals surface area contributed by atoms with E-state index in [2.05, 4.69) is 13.5 Å². The van der Waals surface area contributed by atoms with Crippen molar-refractivity contribution in [2.75, 3.05) is 6.61 Å². The maximum Gasteiger partial charge on any atom is 0.356 e. The normalized spacial score (nSPS) is 16.2. The van der Waals surface area contributed by atoms with Crippen LogP contribution < -0.4 is 15.9 Å². The molecule has 4 aromatic rings. The zero-order valence-electron chi connectivity index (χ0n) is 26.1. The van der Waals surface area contributed by atoms with Crippen molar-refractivity contribution >= 4 is 45.9 Å². The van der Waals surface area contributed by atoms with E-state index < -0.39 is 24.8 Å².